The fourth-order valence-corrected chi connectivity index (χ4v) is 1.57. The molecule has 86 valence electrons. The van der Waals surface area contributed by atoms with Crippen molar-refractivity contribution in [2.24, 2.45) is 5.92 Å². The SMILES string of the molecule is COCCNCCN1C(=O)CC(C)C1=O. The quantitative estimate of drug-likeness (QED) is 0.483. The minimum atomic E-state index is -0.142. The number of imide groups is 1. The van der Waals surface area contributed by atoms with Crippen molar-refractivity contribution in [3.63, 3.8) is 0 Å². The van der Waals surface area contributed by atoms with Gasteiger partial charge >= 0.3 is 0 Å². The van der Waals surface area contributed by atoms with Gasteiger partial charge < -0.3 is 10.1 Å². The predicted octanol–water partition coefficient (Wildman–Crippen LogP) is -0.383. The molecule has 1 N–H and O–H groups in total. The summed E-state index contributed by atoms with van der Waals surface area (Å²) < 4.78 is 4.86. The van der Waals surface area contributed by atoms with Crippen LogP contribution in [0.3, 0.4) is 0 Å². The van der Waals surface area contributed by atoms with Crippen LogP contribution in [0, 0.1) is 5.92 Å². The molecule has 5 heteroatoms. The molecule has 1 aliphatic heterocycles. The van der Waals surface area contributed by atoms with E-state index >= 15 is 0 Å². The Morgan fingerprint density at radius 3 is 2.73 bits per heavy atom. The summed E-state index contributed by atoms with van der Waals surface area (Å²) in [6.07, 6.45) is 0.358. The van der Waals surface area contributed by atoms with Gasteiger partial charge in [-0.2, -0.15) is 0 Å². The topological polar surface area (TPSA) is 58.6 Å². The van der Waals surface area contributed by atoms with Crippen LogP contribution in [0.1, 0.15) is 13.3 Å². The number of rotatable bonds is 6. The second-order valence-electron chi connectivity index (χ2n) is 3.73. The molecule has 0 spiro atoms. The lowest BCUT2D eigenvalue weighted by molar-refractivity contribution is -0.139. The second kappa shape index (κ2) is 5.82. The van der Waals surface area contributed by atoms with Gasteiger partial charge in [0.1, 0.15) is 0 Å². The van der Waals surface area contributed by atoms with Crippen molar-refractivity contribution < 1.29 is 14.3 Å². The van der Waals surface area contributed by atoms with E-state index in [9.17, 15) is 9.59 Å². The number of hydrogen-bond acceptors (Lipinski definition) is 4. The van der Waals surface area contributed by atoms with Gasteiger partial charge in [-0.3, -0.25) is 14.5 Å². The summed E-state index contributed by atoms with van der Waals surface area (Å²) in [5.74, 6) is -0.244. The first-order chi connectivity index (χ1) is 7.16. The average molecular weight is 214 g/mol. The zero-order chi connectivity index (χ0) is 11.3. The zero-order valence-corrected chi connectivity index (χ0v) is 9.28. The normalized spacial score (nSPS) is 21.5. The second-order valence-corrected chi connectivity index (χ2v) is 3.73. The van der Waals surface area contributed by atoms with E-state index in [0.717, 1.165) is 6.54 Å². The summed E-state index contributed by atoms with van der Waals surface area (Å²) in [6, 6.07) is 0. The van der Waals surface area contributed by atoms with Crippen molar-refractivity contribution >= 4 is 11.8 Å². The lowest BCUT2D eigenvalue weighted by Gasteiger charge is -2.14. The fraction of sp³-hybridized carbons (Fsp3) is 0.800. The van der Waals surface area contributed by atoms with Crippen LogP contribution in [0.2, 0.25) is 0 Å². The first kappa shape index (κ1) is 12.1. The molecule has 0 aromatic heterocycles. The van der Waals surface area contributed by atoms with Crippen molar-refractivity contribution in [2.45, 2.75) is 13.3 Å². The third-order valence-electron chi connectivity index (χ3n) is 2.46. The van der Waals surface area contributed by atoms with Crippen LogP contribution >= 0.6 is 0 Å². The van der Waals surface area contributed by atoms with E-state index in [4.69, 9.17) is 4.74 Å². The molecule has 1 heterocycles. The van der Waals surface area contributed by atoms with Crippen LogP contribution in [0.5, 0.6) is 0 Å². The highest BCUT2D eigenvalue weighted by molar-refractivity contribution is 6.03. The molecule has 15 heavy (non-hydrogen) atoms. The van der Waals surface area contributed by atoms with Gasteiger partial charge in [-0.1, -0.05) is 6.92 Å². The molecule has 1 aliphatic rings. The number of ether oxygens (including phenoxy) is 1. The number of nitrogens with one attached hydrogen (secondary N) is 1. The zero-order valence-electron chi connectivity index (χ0n) is 9.28. The van der Waals surface area contributed by atoms with E-state index < -0.39 is 0 Å². The van der Waals surface area contributed by atoms with Crippen LogP contribution in [-0.2, 0) is 14.3 Å². The number of amides is 2. The Labute approximate surface area is 89.8 Å². The molecule has 0 aliphatic carbocycles. The molecule has 1 fully saturated rings. The average Bonchev–Trinajstić information content (AvgIpc) is 2.44. The van der Waals surface area contributed by atoms with Gasteiger partial charge in [0, 0.05) is 39.1 Å². The molecular weight excluding hydrogens is 196 g/mol. The van der Waals surface area contributed by atoms with Gasteiger partial charge in [0.15, 0.2) is 0 Å². The molecule has 2 amide bonds. The molecule has 0 saturated carbocycles. The lowest BCUT2D eigenvalue weighted by atomic mass is 10.1. The van der Waals surface area contributed by atoms with Crippen LogP contribution in [0.4, 0.5) is 0 Å². The Bertz CT molecular complexity index is 243. The Morgan fingerprint density at radius 1 is 1.47 bits per heavy atom. The molecular formula is C10H18N2O3. The minimum Gasteiger partial charge on any atom is -0.383 e. The van der Waals surface area contributed by atoms with Gasteiger partial charge in [0.05, 0.1) is 6.61 Å². The van der Waals surface area contributed by atoms with Crippen LogP contribution < -0.4 is 5.32 Å². The van der Waals surface area contributed by atoms with E-state index in [1.54, 1.807) is 14.0 Å². The van der Waals surface area contributed by atoms with Crippen LogP contribution in [0.25, 0.3) is 0 Å². The lowest BCUT2D eigenvalue weighted by Crippen LogP contribution is -2.37. The first-order valence-electron chi connectivity index (χ1n) is 5.20. The predicted molar refractivity (Wildman–Crippen MR) is 55.2 cm³/mol. The van der Waals surface area contributed by atoms with Crippen molar-refractivity contribution in [1.29, 1.82) is 0 Å². The number of hydrogen-bond donors (Lipinski definition) is 1. The van der Waals surface area contributed by atoms with E-state index in [-0.39, 0.29) is 17.7 Å². The van der Waals surface area contributed by atoms with Gasteiger partial charge in [-0.25, -0.2) is 0 Å². The van der Waals surface area contributed by atoms with Crippen LogP contribution in [0.15, 0.2) is 0 Å². The number of carbonyl (C=O) groups is 2. The van der Waals surface area contributed by atoms with Gasteiger partial charge in [0.25, 0.3) is 0 Å². The summed E-state index contributed by atoms with van der Waals surface area (Å²) in [5.41, 5.74) is 0. The number of carbonyl (C=O) groups excluding carboxylic acids is 2. The first-order valence-corrected chi connectivity index (χ1v) is 5.20. The Kier molecular flexibility index (Phi) is 4.71. The van der Waals surface area contributed by atoms with Gasteiger partial charge in [0.2, 0.25) is 11.8 Å². The van der Waals surface area contributed by atoms with Crippen molar-refractivity contribution in [3.05, 3.63) is 0 Å². The number of methoxy groups -OCH3 is 1. The summed E-state index contributed by atoms with van der Waals surface area (Å²) in [6.45, 7) is 4.26. The molecule has 0 aromatic rings. The van der Waals surface area contributed by atoms with Crippen molar-refractivity contribution in [1.82, 2.24) is 10.2 Å². The Balaban J connectivity index is 2.21. The highest BCUT2D eigenvalue weighted by Gasteiger charge is 2.34. The monoisotopic (exact) mass is 214 g/mol. The summed E-state index contributed by atoms with van der Waals surface area (Å²) in [4.78, 5) is 24.2. The van der Waals surface area contributed by atoms with E-state index in [1.165, 1.54) is 4.90 Å². The number of likely N-dealkylation sites (tertiary alicyclic amines) is 1. The number of nitrogens with zero attached hydrogens (tertiary/aromatic N) is 1. The van der Waals surface area contributed by atoms with Crippen LogP contribution in [-0.4, -0.2) is 50.1 Å². The minimum absolute atomic E-state index is 0.0476. The molecule has 1 unspecified atom stereocenters. The Hall–Kier alpha value is -0.940. The highest BCUT2D eigenvalue weighted by Crippen LogP contribution is 2.17. The maximum atomic E-state index is 11.5. The van der Waals surface area contributed by atoms with Gasteiger partial charge in [-0.15, -0.1) is 0 Å². The van der Waals surface area contributed by atoms with E-state index in [0.29, 0.717) is 26.1 Å². The van der Waals surface area contributed by atoms with E-state index in [1.807, 2.05) is 0 Å². The molecule has 5 nitrogen and oxygen atoms in total. The Morgan fingerprint density at radius 2 is 2.20 bits per heavy atom. The maximum absolute atomic E-state index is 11.5. The largest absolute Gasteiger partial charge is 0.383 e. The third kappa shape index (κ3) is 3.28. The molecule has 1 rings (SSSR count). The molecule has 0 bridgehead atoms. The standard InChI is InChI=1S/C10H18N2O3/c1-8-7-9(13)12(10(8)14)5-3-11-4-6-15-2/h8,11H,3-7H2,1-2H3. The smallest absolute Gasteiger partial charge is 0.232 e. The van der Waals surface area contributed by atoms with Gasteiger partial charge in [-0.05, 0) is 0 Å². The highest BCUT2D eigenvalue weighted by atomic mass is 16.5. The van der Waals surface area contributed by atoms with Crippen molar-refractivity contribution in [2.75, 3.05) is 33.4 Å². The summed E-state index contributed by atoms with van der Waals surface area (Å²) >= 11 is 0. The molecule has 1 saturated heterocycles. The molecule has 1 atom stereocenters. The molecule has 0 aromatic carbocycles. The van der Waals surface area contributed by atoms with Crippen molar-refractivity contribution in [3.8, 4) is 0 Å². The summed E-state index contributed by atoms with van der Waals surface area (Å²) in [5, 5.41) is 3.10. The maximum Gasteiger partial charge on any atom is 0.232 e. The fourth-order valence-electron chi connectivity index (χ4n) is 1.57. The van der Waals surface area contributed by atoms with E-state index in [2.05, 4.69) is 5.32 Å². The molecule has 0 radical (unpaired) electrons. The third-order valence-corrected chi connectivity index (χ3v) is 2.46. The summed E-state index contributed by atoms with van der Waals surface area (Å²) in [7, 11) is 1.64.